The Morgan fingerprint density at radius 3 is 2.70 bits per heavy atom. The molecule has 1 aromatic rings. The molecule has 1 unspecified atom stereocenters. The Morgan fingerprint density at radius 1 is 1.20 bits per heavy atom. The quantitative estimate of drug-likeness (QED) is 0.762. The Morgan fingerprint density at radius 2 is 2.05 bits per heavy atom. The van der Waals surface area contributed by atoms with Crippen molar-refractivity contribution < 1.29 is 8.78 Å². The van der Waals surface area contributed by atoms with Gasteiger partial charge in [0.15, 0.2) is 11.6 Å². The molecule has 0 spiro atoms. The normalized spacial score (nSPS) is 16.9. The van der Waals surface area contributed by atoms with Gasteiger partial charge < -0.3 is 5.32 Å². The molecule has 1 atom stereocenters. The molecular weight excluding hydrogens is 256 g/mol. The maximum Gasteiger partial charge on any atom is 0.159 e. The Hall–Kier alpha value is -1.22. The molecule has 2 rings (SSSR count). The monoisotopic (exact) mass is 279 g/mol. The Balaban J connectivity index is 2.09. The first kappa shape index (κ1) is 15.2. The highest BCUT2D eigenvalue weighted by atomic mass is 19.2. The van der Waals surface area contributed by atoms with Crippen LogP contribution in [0, 0.1) is 11.6 Å². The highest BCUT2D eigenvalue weighted by Gasteiger charge is 2.16. The molecule has 0 bridgehead atoms. The minimum Gasteiger partial charge on any atom is -0.310 e. The first-order chi connectivity index (χ1) is 9.70. The van der Waals surface area contributed by atoms with Gasteiger partial charge in [0.1, 0.15) is 0 Å². The van der Waals surface area contributed by atoms with Crippen LogP contribution < -0.4 is 5.32 Å². The van der Waals surface area contributed by atoms with E-state index in [1.807, 2.05) is 0 Å². The van der Waals surface area contributed by atoms with Crippen LogP contribution in [-0.2, 0) is 6.42 Å². The summed E-state index contributed by atoms with van der Waals surface area (Å²) in [5.41, 5.74) is 2.28. The van der Waals surface area contributed by atoms with Crippen molar-refractivity contribution in [3.63, 3.8) is 0 Å². The third-order valence-corrected chi connectivity index (χ3v) is 3.84. The molecule has 0 saturated carbocycles. The SMILES string of the molecule is CCCNC(Cc1ccc(F)c(F)c1)C1=CCCCC1. The predicted octanol–water partition coefficient (Wildman–Crippen LogP) is 4.38. The van der Waals surface area contributed by atoms with Crippen molar-refractivity contribution in [2.24, 2.45) is 0 Å². The van der Waals surface area contributed by atoms with E-state index in [0.29, 0.717) is 0 Å². The summed E-state index contributed by atoms with van der Waals surface area (Å²) in [4.78, 5) is 0. The molecular formula is C17H23F2N. The van der Waals surface area contributed by atoms with Crippen molar-refractivity contribution >= 4 is 0 Å². The molecule has 1 aliphatic rings. The number of hydrogen-bond acceptors (Lipinski definition) is 1. The fourth-order valence-corrected chi connectivity index (χ4v) is 2.73. The van der Waals surface area contributed by atoms with Crippen LogP contribution >= 0.6 is 0 Å². The lowest BCUT2D eigenvalue weighted by Crippen LogP contribution is -2.34. The Labute approximate surface area is 120 Å². The van der Waals surface area contributed by atoms with Crippen LogP contribution in [0.4, 0.5) is 8.78 Å². The first-order valence-electron chi connectivity index (χ1n) is 7.57. The summed E-state index contributed by atoms with van der Waals surface area (Å²) in [6, 6.07) is 4.47. The van der Waals surface area contributed by atoms with Crippen molar-refractivity contribution in [1.82, 2.24) is 5.32 Å². The van der Waals surface area contributed by atoms with Gasteiger partial charge in [-0.15, -0.1) is 0 Å². The van der Waals surface area contributed by atoms with Crippen molar-refractivity contribution in [3.8, 4) is 0 Å². The van der Waals surface area contributed by atoms with Crippen LogP contribution in [0.5, 0.6) is 0 Å². The zero-order valence-corrected chi connectivity index (χ0v) is 12.1. The second-order valence-electron chi connectivity index (χ2n) is 5.48. The fraction of sp³-hybridized carbons (Fsp3) is 0.529. The van der Waals surface area contributed by atoms with Crippen LogP contribution in [-0.4, -0.2) is 12.6 Å². The third kappa shape index (κ3) is 4.14. The molecule has 20 heavy (non-hydrogen) atoms. The van der Waals surface area contributed by atoms with Crippen molar-refractivity contribution in [3.05, 3.63) is 47.0 Å². The van der Waals surface area contributed by atoms with E-state index in [0.717, 1.165) is 37.8 Å². The van der Waals surface area contributed by atoms with E-state index in [2.05, 4.69) is 18.3 Å². The molecule has 0 aliphatic heterocycles. The lowest BCUT2D eigenvalue weighted by Gasteiger charge is -2.24. The average Bonchev–Trinajstić information content (AvgIpc) is 2.48. The smallest absolute Gasteiger partial charge is 0.159 e. The molecule has 0 aromatic heterocycles. The Bertz CT molecular complexity index is 468. The van der Waals surface area contributed by atoms with E-state index in [-0.39, 0.29) is 6.04 Å². The fourth-order valence-electron chi connectivity index (χ4n) is 2.73. The van der Waals surface area contributed by atoms with E-state index in [1.54, 1.807) is 6.07 Å². The van der Waals surface area contributed by atoms with Gasteiger partial charge in [-0.1, -0.05) is 24.6 Å². The molecule has 0 radical (unpaired) electrons. The molecule has 1 N–H and O–H groups in total. The van der Waals surface area contributed by atoms with Gasteiger partial charge in [-0.3, -0.25) is 0 Å². The second kappa shape index (κ2) is 7.53. The van der Waals surface area contributed by atoms with Crippen molar-refractivity contribution in [1.29, 1.82) is 0 Å². The van der Waals surface area contributed by atoms with Gasteiger partial charge in [-0.05, 0) is 62.8 Å². The van der Waals surface area contributed by atoms with Crippen LogP contribution in [0.2, 0.25) is 0 Å². The average molecular weight is 279 g/mol. The molecule has 0 amide bonds. The summed E-state index contributed by atoms with van der Waals surface area (Å²) in [5.74, 6) is -1.53. The van der Waals surface area contributed by atoms with Gasteiger partial charge in [-0.2, -0.15) is 0 Å². The zero-order valence-electron chi connectivity index (χ0n) is 12.1. The van der Waals surface area contributed by atoms with Crippen LogP contribution in [0.25, 0.3) is 0 Å². The summed E-state index contributed by atoms with van der Waals surface area (Å²) >= 11 is 0. The van der Waals surface area contributed by atoms with Gasteiger partial charge in [0, 0.05) is 6.04 Å². The highest BCUT2D eigenvalue weighted by molar-refractivity contribution is 5.23. The molecule has 110 valence electrons. The number of allylic oxidation sites excluding steroid dienone is 1. The first-order valence-corrected chi connectivity index (χ1v) is 7.57. The minimum absolute atomic E-state index is 0.250. The molecule has 1 nitrogen and oxygen atoms in total. The van der Waals surface area contributed by atoms with Crippen LogP contribution in [0.15, 0.2) is 29.8 Å². The second-order valence-corrected chi connectivity index (χ2v) is 5.48. The van der Waals surface area contributed by atoms with E-state index < -0.39 is 11.6 Å². The van der Waals surface area contributed by atoms with Crippen molar-refractivity contribution in [2.45, 2.75) is 51.5 Å². The predicted molar refractivity (Wildman–Crippen MR) is 78.7 cm³/mol. The number of benzene rings is 1. The molecule has 0 heterocycles. The molecule has 0 saturated heterocycles. The van der Waals surface area contributed by atoms with Crippen LogP contribution in [0.3, 0.4) is 0 Å². The maximum absolute atomic E-state index is 13.3. The summed E-state index contributed by atoms with van der Waals surface area (Å²) in [5, 5.41) is 3.54. The van der Waals surface area contributed by atoms with Gasteiger partial charge >= 0.3 is 0 Å². The lowest BCUT2D eigenvalue weighted by molar-refractivity contribution is 0.500. The maximum atomic E-state index is 13.3. The summed E-state index contributed by atoms with van der Waals surface area (Å²) in [6.45, 7) is 3.09. The lowest BCUT2D eigenvalue weighted by atomic mass is 9.90. The largest absolute Gasteiger partial charge is 0.310 e. The number of rotatable bonds is 6. The molecule has 1 aliphatic carbocycles. The van der Waals surface area contributed by atoms with E-state index in [1.165, 1.54) is 30.5 Å². The number of halogens is 2. The number of nitrogens with one attached hydrogen (secondary N) is 1. The third-order valence-electron chi connectivity index (χ3n) is 3.84. The standard InChI is InChI=1S/C17H23F2N/c1-2-10-20-17(14-6-4-3-5-7-14)12-13-8-9-15(18)16(19)11-13/h6,8-9,11,17,20H,2-5,7,10,12H2,1H3. The summed E-state index contributed by atoms with van der Waals surface area (Å²) < 4.78 is 26.3. The number of hydrogen-bond donors (Lipinski definition) is 1. The molecule has 1 aromatic carbocycles. The van der Waals surface area contributed by atoms with Gasteiger partial charge in [0.05, 0.1) is 0 Å². The van der Waals surface area contributed by atoms with E-state index in [9.17, 15) is 8.78 Å². The molecule has 3 heteroatoms. The van der Waals surface area contributed by atoms with E-state index in [4.69, 9.17) is 0 Å². The van der Waals surface area contributed by atoms with Crippen LogP contribution in [0.1, 0.15) is 44.6 Å². The van der Waals surface area contributed by atoms with Crippen molar-refractivity contribution in [2.75, 3.05) is 6.54 Å². The zero-order chi connectivity index (χ0) is 14.4. The van der Waals surface area contributed by atoms with E-state index >= 15 is 0 Å². The highest BCUT2D eigenvalue weighted by Crippen LogP contribution is 2.23. The Kier molecular flexibility index (Phi) is 5.72. The van der Waals surface area contributed by atoms with Gasteiger partial charge in [0.25, 0.3) is 0 Å². The summed E-state index contributed by atoms with van der Waals surface area (Å²) in [6.07, 6.45) is 8.85. The topological polar surface area (TPSA) is 12.0 Å². The van der Waals surface area contributed by atoms with Gasteiger partial charge in [0.2, 0.25) is 0 Å². The minimum atomic E-state index is -0.774. The summed E-state index contributed by atoms with van der Waals surface area (Å²) in [7, 11) is 0. The van der Waals surface area contributed by atoms with Gasteiger partial charge in [-0.25, -0.2) is 8.78 Å². The molecule has 0 fully saturated rings.